The molecule has 0 saturated carbocycles. The summed E-state index contributed by atoms with van der Waals surface area (Å²) in [5.41, 5.74) is 0.527. The number of rotatable bonds is 9. The van der Waals surface area contributed by atoms with E-state index in [4.69, 9.17) is 0 Å². The zero-order chi connectivity index (χ0) is 15.5. The quantitative estimate of drug-likeness (QED) is 0.519. The molecule has 0 aromatic heterocycles. The van der Waals surface area contributed by atoms with Gasteiger partial charge >= 0.3 is 0 Å². The van der Waals surface area contributed by atoms with Crippen LogP contribution in [0.1, 0.15) is 33.6 Å². The number of nitrogens with one attached hydrogen (secondary N) is 1. The molecule has 0 rings (SSSR count). The summed E-state index contributed by atoms with van der Waals surface area (Å²) in [6, 6.07) is 0. The Morgan fingerprint density at radius 2 is 1.75 bits per heavy atom. The molecule has 0 spiro atoms. The smallest absolute Gasteiger partial charge is 0.219 e. The van der Waals surface area contributed by atoms with Crippen LogP contribution < -0.4 is 5.32 Å². The van der Waals surface area contributed by atoms with E-state index in [9.17, 15) is 14.4 Å². The summed E-state index contributed by atoms with van der Waals surface area (Å²) < 4.78 is 0. The van der Waals surface area contributed by atoms with Crippen molar-refractivity contribution in [2.45, 2.75) is 33.6 Å². The van der Waals surface area contributed by atoms with Gasteiger partial charge in [0.25, 0.3) is 0 Å². The van der Waals surface area contributed by atoms with E-state index in [2.05, 4.69) is 11.9 Å². The number of hydrogen-bond donors (Lipinski definition) is 1. The maximum Gasteiger partial charge on any atom is 0.219 e. The number of carbonyl (C=O) groups excluding carboxylic acids is 3. The molecule has 1 N–H and O–H groups in total. The van der Waals surface area contributed by atoms with Crippen molar-refractivity contribution in [3.8, 4) is 0 Å². The first kappa shape index (κ1) is 18.7. The molecule has 0 aromatic carbocycles. The second-order valence-corrected chi connectivity index (χ2v) is 5.68. The molecule has 20 heavy (non-hydrogen) atoms. The molecular formula is C14H24N2O3S. The van der Waals surface area contributed by atoms with Crippen molar-refractivity contribution in [2.75, 3.05) is 25.4 Å². The lowest BCUT2D eigenvalue weighted by molar-refractivity contribution is -0.128. The van der Waals surface area contributed by atoms with Crippen LogP contribution in [0.25, 0.3) is 0 Å². The van der Waals surface area contributed by atoms with Crippen LogP contribution in [-0.2, 0) is 14.4 Å². The molecule has 2 amide bonds. The second kappa shape index (κ2) is 10.5. The van der Waals surface area contributed by atoms with Gasteiger partial charge in [-0.05, 0) is 25.3 Å². The molecule has 6 heteroatoms. The van der Waals surface area contributed by atoms with E-state index in [-0.39, 0.29) is 16.9 Å². The van der Waals surface area contributed by atoms with Gasteiger partial charge in [-0.1, -0.05) is 18.3 Å². The van der Waals surface area contributed by atoms with Gasteiger partial charge in [0, 0.05) is 39.2 Å². The minimum absolute atomic E-state index is 0.00732. The summed E-state index contributed by atoms with van der Waals surface area (Å²) in [4.78, 5) is 35.3. The number of amides is 2. The first-order valence-corrected chi connectivity index (χ1v) is 7.65. The normalized spacial score (nSPS) is 9.95. The molecule has 5 nitrogen and oxygen atoms in total. The highest BCUT2D eigenvalue weighted by molar-refractivity contribution is 8.14. The van der Waals surface area contributed by atoms with Gasteiger partial charge < -0.3 is 10.2 Å². The minimum Gasteiger partial charge on any atom is -0.356 e. The van der Waals surface area contributed by atoms with Crippen LogP contribution in [0.3, 0.4) is 0 Å². The molecule has 114 valence electrons. The molecular weight excluding hydrogens is 276 g/mol. The Kier molecular flexibility index (Phi) is 9.80. The lowest BCUT2D eigenvalue weighted by Crippen LogP contribution is -2.32. The summed E-state index contributed by atoms with van der Waals surface area (Å²) in [7, 11) is 0. The average Bonchev–Trinajstić information content (AvgIpc) is 2.35. The number of thioether (sulfide) groups is 1. The molecule has 0 aromatic rings. The fourth-order valence-corrected chi connectivity index (χ4v) is 2.23. The van der Waals surface area contributed by atoms with Crippen molar-refractivity contribution in [3.05, 3.63) is 12.2 Å². The Balaban J connectivity index is 3.88. The van der Waals surface area contributed by atoms with Crippen molar-refractivity contribution in [1.29, 1.82) is 0 Å². The molecule has 0 aliphatic rings. The highest BCUT2D eigenvalue weighted by Gasteiger charge is 2.10. The van der Waals surface area contributed by atoms with E-state index >= 15 is 0 Å². The first-order chi connectivity index (χ1) is 9.34. The van der Waals surface area contributed by atoms with Gasteiger partial charge in [0.15, 0.2) is 0 Å². The lowest BCUT2D eigenvalue weighted by Gasteiger charge is -2.20. The van der Waals surface area contributed by atoms with Gasteiger partial charge in [-0.15, -0.1) is 0 Å². The van der Waals surface area contributed by atoms with E-state index in [1.807, 2.05) is 0 Å². The van der Waals surface area contributed by atoms with Crippen LogP contribution in [0.4, 0.5) is 0 Å². The van der Waals surface area contributed by atoms with E-state index in [0.717, 1.165) is 12.8 Å². The van der Waals surface area contributed by atoms with Crippen LogP contribution in [0.15, 0.2) is 12.2 Å². The molecule has 0 aliphatic heterocycles. The molecule has 0 aliphatic carbocycles. The Bertz CT molecular complexity index is 369. The number of unbranched alkanes of at least 4 members (excludes halogenated alkanes) is 1. The molecule has 0 unspecified atom stereocenters. The number of carbonyl (C=O) groups is 3. The third-order valence-electron chi connectivity index (χ3n) is 2.62. The average molecular weight is 300 g/mol. The largest absolute Gasteiger partial charge is 0.356 e. The Labute approximate surface area is 125 Å². The van der Waals surface area contributed by atoms with Gasteiger partial charge in [-0.2, -0.15) is 0 Å². The van der Waals surface area contributed by atoms with Crippen LogP contribution in [0.2, 0.25) is 0 Å². The SMILES string of the molecule is C=C(C)C(=O)SCCN(CCCCNC(C)=O)C(C)=O. The van der Waals surface area contributed by atoms with Crippen LogP contribution in [0, 0.1) is 0 Å². The van der Waals surface area contributed by atoms with Crippen LogP contribution >= 0.6 is 11.8 Å². The van der Waals surface area contributed by atoms with Crippen molar-refractivity contribution in [2.24, 2.45) is 0 Å². The van der Waals surface area contributed by atoms with E-state index in [0.29, 0.717) is 31.0 Å². The van der Waals surface area contributed by atoms with Crippen molar-refractivity contribution < 1.29 is 14.4 Å². The zero-order valence-electron chi connectivity index (χ0n) is 12.5. The highest BCUT2D eigenvalue weighted by Crippen LogP contribution is 2.09. The number of hydrogen-bond acceptors (Lipinski definition) is 4. The minimum atomic E-state index is -0.0388. The van der Waals surface area contributed by atoms with Crippen LogP contribution in [-0.4, -0.2) is 47.2 Å². The predicted molar refractivity (Wildman–Crippen MR) is 82.5 cm³/mol. The monoisotopic (exact) mass is 300 g/mol. The lowest BCUT2D eigenvalue weighted by atomic mass is 10.3. The standard InChI is InChI=1S/C14H24N2O3S/c1-11(2)14(19)20-10-9-16(13(4)18)8-6-5-7-15-12(3)17/h1,5-10H2,2-4H3,(H,15,17). The second-order valence-electron chi connectivity index (χ2n) is 4.61. The molecule has 0 atom stereocenters. The Morgan fingerprint density at radius 1 is 1.10 bits per heavy atom. The topological polar surface area (TPSA) is 66.5 Å². The van der Waals surface area contributed by atoms with Gasteiger partial charge in [-0.3, -0.25) is 14.4 Å². The fourth-order valence-electron chi connectivity index (χ4n) is 1.49. The Morgan fingerprint density at radius 3 is 2.25 bits per heavy atom. The van der Waals surface area contributed by atoms with Crippen molar-refractivity contribution >= 4 is 28.7 Å². The first-order valence-electron chi connectivity index (χ1n) is 6.67. The summed E-state index contributed by atoms with van der Waals surface area (Å²) >= 11 is 1.19. The molecule has 0 saturated heterocycles. The molecule has 0 heterocycles. The molecule has 0 radical (unpaired) electrons. The Hall–Kier alpha value is -1.30. The van der Waals surface area contributed by atoms with Crippen molar-refractivity contribution in [3.63, 3.8) is 0 Å². The van der Waals surface area contributed by atoms with Gasteiger partial charge in [0.05, 0.1) is 0 Å². The highest BCUT2D eigenvalue weighted by atomic mass is 32.2. The summed E-state index contributed by atoms with van der Waals surface area (Å²) in [5.74, 6) is 0.549. The van der Waals surface area contributed by atoms with Gasteiger partial charge in [0.2, 0.25) is 16.9 Å². The van der Waals surface area contributed by atoms with E-state index in [1.165, 1.54) is 25.6 Å². The van der Waals surface area contributed by atoms with E-state index < -0.39 is 0 Å². The van der Waals surface area contributed by atoms with Gasteiger partial charge in [0.1, 0.15) is 0 Å². The third kappa shape index (κ3) is 9.61. The van der Waals surface area contributed by atoms with Crippen LogP contribution in [0.5, 0.6) is 0 Å². The predicted octanol–water partition coefficient (Wildman–Crippen LogP) is 1.59. The van der Waals surface area contributed by atoms with Crippen molar-refractivity contribution in [1.82, 2.24) is 10.2 Å². The maximum absolute atomic E-state index is 11.5. The zero-order valence-corrected chi connectivity index (χ0v) is 13.3. The summed E-state index contributed by atoms with van der Waals surface area (Å²) in [6.07, 6.45) is 1.67. The third-order valence-corrected chi connectivity index (χ3v) is 3.61. The van der Waals surface area contributed by atoms with E-state index in [1.54, 1.807) is 11.8 Å². The summed E-state index contributed by atoms with van der Waals surface area (Å²) in [5, 5.41) is 2.69. The molecule has 0 fully saturated rings. The summed E-state index contributed by atoms with van der Waals surface area (Å²) in [6.45, 7) is 10.1. The number of nitrogens with zero attached hydrogens (tertiary/aromatic N) is 1. The molecule has 0 bridgehead atoms. The maximum atomic E-state index is 11.5. The fraction of sp³-hybridized carbons (Fsp3) is 0.643. The van der Waals surface area contributed by atoms with Gasteiger partial charge in [-0.25, -0.2) is 0 Å².